The fourth-order valence-electron chi connectivity index (χ4n) is 1.91. The molecule has 0 fully saturated rings. The SMILES string of the molecule is CC(C)c1ccc(SSSc2ccc(C(C)C)cc2)cc1. The van der Waals surface area contributed by atoms with Gasteiger partial charge in [-0.05, 0) is 78.6 Å². The molecule has 0 aliphatic carbocycles. The Kier molecular flexibility index (Phi) is 6.59. The fraction of sp³-hybridized carbons (Fsp3) is 0.333. The Hall–Kier alpha value is -0.510. The first-order chi connectivity index (χ1) is 10.1. The van der Waals surface area contributed by atoms with E-state index < -0.39 is 0 Å². The normalized spacial score (nSPS) is 11.3. The van der Waals surface area contributed by atoms with Crippen molar-refractivity contribution in [2.45, 2.75) is 49.3 Å². The van der Waals surface area contributed by atoms with Crippen molar-refractivity contribution in [2.24, 2.45) is 0 Å². The predicted octanol–water partition coefficient (Wildman–Crippen LogP) is 7.38. The van der Waals surface area contributed by atoms with Gasteiger partial charge in [0.1, 0.15) is 0 Å². The molecule has 0 aromatic heterocycles. The van der Waals surface area contributed by atoms with Gasteiger partial charge in [-0.3, -0.25) is 0 Å². The van der Waals surface area contributed by atoms with Crippen molar-refractivity contribution in [3.63, 3.8) is 0 Å². The molecule has 0 unspecified atom stereocenters. The minimum absolute atomic E-state index is 0.602. The van der Waals surface area contributed by atoms with Crippen LogP contribution in [-0.4, -0.2) is 0 Å². The summed E-state index contributed by atoms with van der Waals surface area (Å²) in [5.41, 5.74) is 2.81. The maximum absolute atomic E-state index is 2.23. The monoisotopic (exact) mass is 334 g/mol. The van der Waals surface area contributed by atoms with Crippen molar-refractivity contribution in [1.82, 2.24) is 0 Å². The van der Waals surface area contributed by atoms with Crippen molar-refractivity contribution in [3.05, 3.63) is 59.7 Å². The van der Waals surface area contributed by atoms with Crippen LogP contribution in [0.15, 0.2) is 58.3 Å². The van der Waals surface area contributed by atoms with Crippen molar-refractivity contribution < 1.29 is 0 Å². The van der Waals surface area contributed by atoms with Crippen molar-refractivity contribution >= 4 is 31.4 Å². The third kappa shape index (κ3) is 5.32. The molecule has 0 radical (unpaired) electrons. The van der Waals surface area contributed by atoms with E-state index in [1.165, 1.54) is 20.9 Å². The average molecular weight is 335 g/mol. The number of hydrogen-bond donors (Lipinski definition) is 0. The highest BCUT2D eigenvalue weighted by molar-refractivity contribution is 9.09. The molecule has 112 valence electrons. The van der Waals surface area contributed by atoms with Gasteiger partial charge >= 0.3 is 0 Å². The first kappa shape index (κ1) is 16.9. The Labute approximate surface area is 140 Å². The molecule has 0 bridgehead atoms. The summed E-state index contributed by atoms with van der Waals surface area (Å²) in [6.45, 7) is 8.92. The van der Waals surface area contributed by atoms with Crippen LogP contribution in [0.25, 0.3) is 0 Å². The molecule has 0 aliphatic heterocycles. The zero-order chi connectivity index (χ0) is 15.2. The maximum Gasteiger partial charge on any atom is 0.0191 e. The zero-order valence-electron chi connectivity index (χ0n) is 13.0. The Morgan fingerprint density at radius 1 is 0.571 bits per heavy atom. The van der Waals surface area contributed by atoms with E-state index in [4.69, 9.17) is 0 Å². The second kappa shape index (κ2) is 8.21. The molecule has 0 atom stereocenters. The molecule has 0 nitrogen and oxygen atoms in total. The molecule has 0 saturated heterocycles. The first-order valence-corrected chi connectivity index (χ1v) is 10.8. The van der Waals surface area contributed by atoms with Gasteiger partial charge in [0.05, 0.1) is 0 Å². The van der Waals surface area contributed by atoms with E-state index in [9.17, 15) is 0 Å². The molecule has 0 heterocycles. The van der Waals surface area contributed by atoms with Crippen LogP contribution in [0.1, 0.15) is 50.7 Å². The van der Waals surface area contributed by atoms with Crippen LogP contribution in [0.5, 0.6) is 0 Å². The topological polar surface area (TPSA) is 0 Å². The maximum atomic E-state index is 2.23. The van der Waals surface area contributed by atoms with Crippen LogP contribution in [0.2, 0.25) is 0 Å². The van der Waals surface area contributed by atoms with Crippen LogP contribution < -0.4 is 0 Å². The molecule has 0 N–H and O–H groups in total. The van der Waals surface area contributed by atoms with E-state index in [-0.39, 0.29) is 0 Å². The lowest BCUT2D eigenvalue weighted by atomic mass is 10.0. The van der Waals surface area contributed by atoms with E-state index in [0.717, 1.165) is 0 Å². The van der Waals surface area contributed by atoms with Crippen molar-refractivity contribution in [1.29, 1.82) is 0 Å². The van der Waals surface area contributed by atoms with Gasteiger partial charge in [-0.15, -0.1) is 0 Å². The average Bonchev–Trinajstić information content (AvgIpc) is 2.48. The minimum atomic E-state index is 0.602. The molecule has 0 amide bonds. The lowest BCUT2D eigenvalue weighted by Crippen LogP contribution is -1.85. The van der Waals surface area contributed by atoms with Gasteiger partial charge in [-0.2, -0.15) is 0 Å². The minimum Gasteiger partial charge on any atom is -0.0587 e. The highest BCUT2D eigenvalue weighted by Gasteiger charge is 2.02. The Bertz CT molecular complexity index is 490. The lowest BCUT2D eigenvalue weighted by molar-refractivity contribution is 0.865. The van der Waals surface area contributed by atoms with Gasteiger partial charge in [0.25, 0.3) is 0 Å². The summed E-state index contributed by atoms with van der Waals surface area (Å²) in [5, 5.41) is 0. The highest BCUT2D eigenvalue weighted by Crippen LogP contribution is 2.44. The summed E-state index contributed by atoms with van der Waals surface area (Å²) in [6.07, 6.45) is 0. The molecule has 21 heavy (non-hydrogen) atoms. The smallest absolute Gasteiger partial charge is 0.0191 e. The summed E-state index contributed by atoms with van der Waals surface area (Å²) >= 11 is 0. The Morgan fingerprint density at radius 2 is 0.905 bits per heavy atom. The van der Waals surface area contributed by atoms with Gasteiger partial charge in [0.15, 0.2) is 0 Å². The van der Waals surface area contributed by atoms with Gasteiger partial charge < -0.3 is 0 Å². The largest absolute Gasteiger partial charge is 0.0587 e. The first-order valence-electron chi connectivity index (χ1n) is 7.27. The van der Waals surface area contributed by atoms with E-state index >= 15 is 0 Å². The summed E-state index contributed by atoms with van der Waals surface area (Å²) < 4.78 is 0. The van der Waals surface area contributed by atoms with E-state index in [0.29, 0.717) is 11.8 Å². The van der Waals surface area contributed by atoms with Gasteiger partial charge in [-0.25, -0.2) is 0 Å². The molecule has 3 heteroatoms. The second-order valence-corrected chi connectivity index (χ2v) is 9.73. The summed E-state index contributed by atoms with van der Waals surface area (Å²) in [4.78, 5) is 2.63. The quantitative estimate of drug-likeness (QED) is 0.506. The van der Waals surface area contributed by atoms with E-state index in [1.807, 2.05) is 31.4 Å². The third-order valence-electron chi connectivity index (χ3n) is 3.35. The third-order valence-corrected chi connectivity index (χ3v) is 7.21. The van der Waals surface area contributed by atoms with Crippen molar-refractivity contribution in [2.75, 3.05) is 0 Å². The Morgan fingerprint density at radius 3 is 1.19 bits per heavy atom. The van der Waals surface area contributed by atoms with Crippen molar-refractivity contribution in [3.8, 4) is 0 Å². The number of benzene rings is 2. The number of rotatable bonds is 6. The molecule has 0 spiro atoms. The standard InChI is InChI=1S/C18H22S3/c1-13(2)15-5-9-17(10-6-15)19-21-20-18-11-7-16(8-12-18)14(3)4/h5-14H,1-4H3. The van der Waals surface area contributed by atoms with Gasteiger partial charge in [0, 0.05) is 9.79 Å². The molecule has 0 saturated carbocycles. The second-order valence-electron chi connectivity index (χ2n) is 5.68. The van der Waals surface area contributed by atoms with Crippen LogP contribution in [-0.2, 0) is 0 Å². The summed E-state index contributed by atoms with van der Waals surface area (Å²) in [7, 11) is 5.47. The van der Waals surface area contributed by atoms with Crippen LogP contribution >= 0.6 is 31.4 Å². The van der Waals surface area contributed by atoms with E-state index in [2.05, 4.69) is 76.2 Å². The molecule has 2 aromatic rings. The van der Waals surface area contributed by atoms with Gasteiger partial charge in [-0.1, -0.05) is 52.0 Å². The van der Waals surface area contributed by atoms with Crippen LogP contribution in [0.3, 0.4) is 0 Å². The summed E-state index contributed by atoms with van der Waals surface area (Å²) in [5.74, 6) is 1.20. The molecule has 2 rings (SSSR count). The van der Waals surface area contributed by atoms with Crippen LogP contribution in [0, 0.1) is 0 Å². The Balaban J connectivity index is 1.83. The van der Waals surface area contributed by atoms with E-state index in [1.54, 1.807) is 0 Å². The number of hydrogen-bond acceptors (Lipinski definition) is 3. The predicted molar refractivity (Wildman–Crippen MR) is 100 cm³/mol. The fourth-order valence-corrected chi connectivity index (χ4v) is 5.56. The molecule has 2 aromatic carbocycles. The summed E-state index contributed by atoms with van der Waals surface area (Å²) in [6, 6.07) is 17.8. The highest BCUT2D eigenvalue weighted by atomic mass is 33.5. The zero-order valence-corrected chi connectivity index (χ0v) is 15.4. The molecule has 0 aliphatic rings. The van der Waals surface area contributed by atoms with Gasteiger partial charge in [0.2, 0.25) is 0 Å². The lowest BCUT2D eigenvalue weighted by Gasteiger charge is -2.07. The molecular formula is C18H22S3. The van der Waals surface area contributed by atoms with Crippen LogP contribution in [0.4, 0.5) is 0 Å². The molecular weight excluding hydrogens is 312 g/mol.